The fourth-order valence-corrected chi connectivity index (χ4v) is 3.72. The molecule has 1 aliphatic rings. The van der Waals surface area contributed by atoms with Gasteiger partial charge >= 0.3 is 0 Å². The van der Waals surface area contributed by atoms with E-state index in [2.05, 4.69) is 5.32 Å². The zero-order valence-corrected chi connectivity index (χ0v) is 14.1. The molecular formula is C12H13Cl3N2O3S. The van der Waals surface area contributed by atoms with Crippen LogP contribution in [0, 0.1) is 5.92 Å². The van der Waals surface area contributed by atoms with Gasteiger partial charge < -0.3 is 5.32 Å². The molecule has 9 heteroatoms. The van der Waals surface area contributed by atoms with Crippen LogP contribution in [0.5, 0.6) is 0 Å². The molecule has 0 spiro atoms. The zero-order valence-electron chi connectivity index (χ0n) is 11.0. The van der Waals surface area contributed by atoms with E-state index in [-0.39, 0.29) is 26.7 Å². The van der Waals surface area contributed by atoms with E-state index in [0.29, 0.717) is 5.92 Å². The van der Waals surface area contributed by atoms with Crippen LogP contribution in [0.4, 0.5) is 0 Å². The molecule has 1 fully saturated rings. The van der Waals surface area contributed by atoms with Crippen molar-refractivity contribution in [2.75, 3.05) is 0 Å². The highest BCUT2D eigenvalue weighted by Gasteiger charge is 2.31. The summed E-state index contributed by atoms with van der Waals surface area (Å²) in [4.78, 5) is 11.9. The molecule has 0 saturated heterocycles. The van der Waals surface area contributed by atoms with Crippen molar-refractivity contribution >= 4 is 50.7 Å². The molecule has 0 radical (unpaired) electrons. The summed E-state index contributed by atoms with van der Waals surface area (Å²) >= 11 is 17.8. The van der Waals surface area contributed by atoms with Gasteiger partial charge in [0.25, 0.3) is 5.91 Å². The van der Waals surface area contributed by atoms with Crippen molar-refractivity contribution in [1.29, 1.82) is 0 Å². The maximum atomic E-state index is 12.3. The van der Waals surface area contributed by atoms with E-state index in [1.54, 1.807) is 0 Å². The maximum absolute atomic E-state index is 12.3. The minimum atomic E-state index is -4.12. The number of benzene rings is 1. The van der Waals surface area contributed by atoms with Gasteiger partial charge in [0.15, 0.2) is 0 Å². The number of nitrogens with one attached hydrogen (secondary N) is 1. The van der Waals surface area contributed by atoms with E-state index in [1.807, 2.05) is 6.92 Å². The number of primary sulfonamides is 1. The highest BCUT2D eigenvalue weighted by atomic mass is 35.5. The van der Waals surface area contributed by atoms with Crippen LogP contribution < -0.4 is 10.5 Å². The van der Waals surface area contributed by atoms with Crippen molar-refractivity contribution in [3.8, 4) is 0 Å². The monoisotopic (exact) mass is 370 g/mol. The Morgan fingerprint density at radius 2 is 1.90 bits per heavy atom. The van der Waals surface area contributed by atoms with Gasteiger partial charge in [0.2, 0.25) is 10.0 Å². The first-order valence-electron chi connectivity index (χ1n) is 6.14. The van der Waals surface area contributed by atoms with E-state index in [4.69, 9.17) is 39.9 Å². The lowest BCUT2D eigenvalue weighted by Gasteiger charge is -2.16. The molecule has 0 aromatic heterocycles. The summed E-state index contributed by atoms with van der Waals surface area (Å²) in [6, 6.07) is 0.976. The Morgan fingerprint density at radius 1 is 1.33 bits per heavy atom. The molecule has 21 heavy (non-hydrogen) atoms. The molecule has 1 aliphatic carbocycles. The molecule has 0 bridgehead atoms. The van der Waals surface area contributed by atoms with E-state index >= 15 is 0 Å². The number of nitrogens with two attached hydrogens (primary N) is 1. The molecule has 1 saturated carbocycles. The summed E-state index contributed by atoms with van der Waals surface area (Å²) in [6.45, 7) is 1.86. The Labute approximate surface area is 137 Å². The molecule has 5 nitrogen and oxygen atoms in total. The van der Waals surface area contributed by atoms with Gasteiger partial charge in [0.05, 0.1) is 20.6 Å². The quantitative estimate of drug-likeness (QED) is 0.798. The molecular weight excluding hydrogens is 359 g/mol. The number of sulfonamides is 1. The molecule has 1 amide bonds. The number of halogens is 3. The summed E-state index contributed by atoms with van der Waals surface area (Å²) in [5.74, 6) is -0.153. The lowest BCUT2D eigenvalue weighted by molar-refractivity contribution is 0.0936. The Balaban J connectivity index is 2.46. The van der Waals surface area contributed by atoms with Gasteiger partial charge in [-0.25, -0.2) is 13.6 Å². The summed E-state index contributed by atoms with van der Waals surface area (Å²) in [5.41, 5.74) is -0.178. The number of carbonyl (C=O) groups is 1. The van der Waals surface area contributed by atoms with E-state index < -0.39 is 20.8 Å². The molecule has 3 N–H and O–H groups in total. The smallest absolute Gasteiger partial charge is 0.254 e. The number of hydrogen-bond acceptors (Lipinski definition) is 3. The van der Waals surface area contributed by atoms with Crippen LogP contribution in [0.3, 0.4) is 0 Å². The summed E-state index contributed by atoms with van der Waals surface area (Å²) in [6.07, 6.45) is 2.09. The van der Waals surface area contributed by atoms with Crippen molar-refractivity contribution in [1.82, 2.24) is 5.32 Å². The molecule has 0 aliphatic heterocycles. The Kier molecular flexibility index (Phi) is 4.75. The molecule has 1 unspecified atom stereocenters. The van der Waals surface area contributed by atoms with E-state index in [1.165, 1.54) is 0 Å². The third-order valence-electron chi connectivity index (χ3n) is 3.34. The molecule has 1 atom stereocenters. The standard InChI is InChI=1S/C12H13Cl3N2O3S/c1-5(6-2-3-6)17-12(18)9-10(14)7(13)4-8(11(9)15)21(16,19)20/h4-6H,2-3H2,1H3,(H,17,18)(H2,16,19,20). The summed E-state index contributed by atoms with van der Waals surface area (Å²) < 4.78 is 23.0. The molecule has 1 aromatic rings. The fraction of sp³-hybridized carbons (Fsp3) is 0.417. The Hall–Kier alpha value is -0.530. The van der Waals surface area contributed by atoms with Crippen LogP contribution in [-0.4, -0.2) is 20.4 Å². The summed E-state index contributed by atoms with van der Waals surface area (Å²) in [5, 5.41) is 7.27. The molecule has 116 valence electrons. The van der Waals surface area contributed by atoms with E-state index in [9.17, 15) is 13.2 Å². The second-order valence-electron chi connectivity index (χ2n) is 5.00. The van der Waals surface area contributed by atoms with Crippen LogP contribution in [0.1, 0.15) is 30.1 Å². The highest BCUT2D eigenvalue weighted by Crippen LogP contribution is 2.37. The Bertz CT molecular complexity index is 702. The first-order valence-corrected chi connectivity index (χ1v) is 8.82. The average Bonchev–Trinajstić information content (AvgIpc) is 3.16. The minimum Gasteiger partial charge on any atom is -0.349 e. The highest BCUT2D eigenvalue weighted by molar-refractivity contribution is 7.89. The first-order chi connectivity index (χ1) is 9.62. The number of carbonyl (C=O) groups excluding carboxylic acids is 1. The van der Waals surface area contributed by atoms with E-state index in [0.717, 1.165) is 18.9 Å². The van der Waals surface area contributed by atoms with Gasteiger partial charge in [-0.15, -0.1) is 0 Å². The first kappa shape index (κ1) is 16.8. The third-order valence-corrected chi connectivity index (χ3v) is 5.57. The minimum absolute atomic E-state index is 0.0541. The number of hydrogen-bond donors (Lipinski definition) is 2. The fourth-order valence-electron chi connectivity index (χ4n) is 1.98. The lowest BCUT2D eigenvalue weighted by atomic mass is 10.1. The van der Waals surface area contributed by atoms with Crippen molar-refractivity contribution in [3.05, 3.63) is 26.7 Å². The van der Waals surface area contributed by atoms with Crippen molar-refractivity contribution in [2.45, 2.75) is 30.7 Å². The number of amides is 1. The van der Waals surface area contributed by atoms with Crippen molar-refractivity contribution < 1.29 is 13.2 Å². The normalized spacial score (nSPS) is 16.6. The number of rotatable bonds is 4. The average molecular weight is 372 g/mol. The van der Waals surface area contributed by atoms with Gasteiger partial charge in [0.1, 0.15) is 4.90 Å². The van der Waals surface area contributed by atoms with Crippen LogP contribution >= 0.6 is 34.8 Å². The third kappa shape index (κ3) is 3.63. The van der Waals surface area contributed by atoms with Crippen LogP contribution in [0.2, 0.25) is 15.1 Å². The largest absolute Gasteiger partial charge is 0.349 e. The maximum Gasteiger partial charge on any atom is 0.254 e. The van der Waals surface area contributed by atoms with Gasteiger partial charge in [-0.05, 0) is 31.7 Å². The second-order valence-corrected chi connectivity index (χ2v) is 7.70. The van der Waals surface area contributed by atoms with Crippen LogP contribution in [0.15, 0.2) is 11.0 Å². The Morgan fingerprint density at radius 3 is 2.38 bits per heavy atom. The summed E-state index contributed by atoms with van der Waals surface area (Å²) in [7, 11) is -4.12. The van der Waals surface area contributed by atoms with Gasteiger partial charge in [-0.1, -0.05) is 34.8 Å². The lowest BCUT2D eigenvalue weighted by Crippen LogP contribution is -2.34. The van der Waals surface area contributed by atoms with Gasteiger partial charge in [-0.2, -0.15) is 0 Å². The van der Waals surface area contributed by atoms with Crippen molar-refractivity contribution in [3.63, 3.8) is 0 Å². The van der Waals surface area contributed by atoms with Crippen LogP contribution in [0.25, 0.3) is 0 Å². The topological polar surface area (TPSA) is 89.3 Å². The molecule has 2 rings (SSSR count). The predicted molar refractivity (Wildman–Crippen MR) is 82.5 cm³/mol. The predicted octanol–water partition coefficient (Wildman–Crippen LogP) is 2.82. The van der Waals surface area contributed by atoms with Crippen molar-refractivity contribution in [2.24, 2.45) is 11.1 Å². The second kappa shape index (κ2) is 5.93. The molecule has 0 heterocycles. The molecule has 1 aromatic carbocycles. The zero-order chi connectivity index (χ0) is 15.9. The van der Waals surface area contributed by atoms with Crippen LogP contribution in [-0.2, 0) is 10.0 Å². The SMILES string of the molecule is CC(NC(=O)c1c(Cl)c(Cl)cc(S(N)(=O)=O)c1Cl)C1CC1. The van der Waals surface area contributed by atoms with Gasteiger partial charge in [0, 0.05) is 6.04 Å². The van der Waals surface area contributed by atoms with Gasteiger partial charge in [-0.3, -0.25) is 4.79 Å².